The van der Waals surface area contributed by atoms with E-state index in [1.807, 2.05) is 12.1 Å². The van der Waals surface area contributed by atoms with E-state index in [-0.39, 0.29) is 5.41 Å². The molecule has 0 bridgehead atoms. The lowest BCUT2D eigenvalue weighted by Gasteiger charge is -2.19. The Morgan fingerprint density at radius 1 is 0.882 bits per heavy atom. The summed E-state index contributed by atoms with van der Waals surface area (Å²) >= 11 is 0. The third-order valence-corrected chi connectivity index (χ3v) is 2.87. The number of pyridine rings is 1. The molecule has 0 fully saturated rings. The summed E-state index contributed by atoms with van der Waals surface area (Å²) < 4.78 is 0. The van der Waals surface area contributed by atoms with Crippen LogP contribution in [0.25, 0.3) is 11.1 Å². The highest BCUT2D eigenvalue weighted by Gasteiger charge is 2.12. The maximum atomic E-state index is 5.57. The van der Waals surface area contributed by atoms with Gasteiger partial charge in [0.05, 0.1) is 0 Å². The zero-order chi connectivity index (χ0) is 12.5. The van der Waals surface area contributed by atoms with Crippen LogP contribution >= 0.6 is 0 Å². The first-order valence-corrected chi connectivity index (χ1v) is 5.79. The Balaban J connectivity index is 2.33. The van der Waals surface area contributed by atoms with Gasteiger partial charge in [-0.2, -0.15) is 0 Å². The van der Waals surface area contributed by atoms with Gasteiger partial charge in [0.2, 0.25) is 0 Å². The molecule has 0 aliphatic carbocycles. The Kier molecular flexibility index (Phi) is 2.88. The highest BCUT2D eigenvalue weighted by Crippen LogP contribution is 2.25. The first kappa shape index (κ1) is 11.6. The van der Waals surface area contributed by atoms with Crippen molar-refractivity contribution in [2.45, 2.75) is 26.2 Å². The standard InChI is InChI=1S/C15H18N2/c1-15(2,3)13-7-4-11(5-8-13)12-6-9-14(16)17-10-12/h4-10H,1-3H3,(H2,16,17). The summed E-state index contributed by atoms with van der Waals surface area (Å²) in [5, 5.41) is 0. The van der Waals surface area contributed by atoms with Crippen LogP contribution in [-0.2, 0) is 5.41 Å². The first-order valence-electron chi connectivity index (χ1n) is 5.79. The number of nitrogens with two attached hydrogens (primary N) is 1. The van der Waals surface area contributed by atoms with Crippen LogP contribution in [0.2, 0.25) is 0 Å². The van der Waals surface area contributed by atoms with E-state index in [0.717, 1.165) is 5.56 Å². The number of benzene rings is 1. The van der Waals surface area contributed by atoms with Gasteiger partial charge in [-0.15, -0.1) is 0 Å². The minimum absolute atomic E-state index is 0.192. The summed E-state index contributed by atoms with van der Waals surface area (Å²) in [4.78, 5) is 4.10. The van der Waals surface area contributed by atoms with Crippen LogP contribution < -0.4 is 5.73 Å². The fourth-order valence-corrected chi connectivity index (χ4v) is 1.74. The molecule has 0 saturated carbocycles. The van der Waals surface area contributed by atoms with Crippen molar-refractivity contribution in [3.05, 3.63) is 48.2 Å². The van der Waals surface area contributed by atoms with Crippen LogP contribution in [0.5, 0.6) is 0 Å². The molecule has 88 valence electrons. The molecule has 0 aliphatic heterocycles. The third kappa shape index (κ3) is 2.64. The van der Waals surface area contributed by atoms with E-state index < -0.39 is 0 Å². The molecule has 2 N–H and O–H groups in total. The van der Waals surface area contributed by atoms with E-state index in [1.165, 1.54) is 11.1 Å². The molecule has 2 nitrogen and oxygen atoms in total. The van der Waals surface area contributed by atoms with Crippen molar-refractivity contribution in [1.29, 1.82) is 0 Å². The fraction of sp³-hybridized carbons (Fsp3) is 0.267. The van der Waals surface area contributed by atoms with Gasteiger partial charge in [0.1, 0.15) is 5.82 Å². The van der Waals surface area contributed by atoms with Gasteiger partial charge < -0.3 is 5.73 Å². The van der Waals surface area contributed by atoms with Crippen molar-refractivity contribution in [3.63, 3.8) is 0 Å². The van der Waals surface area contributed by atoms with Gasteiger partial charge in [-0.25, -0.2) is 4.98 Å². The maximum Gasteiger partial charge on any atom is 0.123 e. The number of hydrogen-bond donors (Lipinski definition) is 1. The molecule has 1 heterocycles. The van der Waals surface area contributed by atoms with Crippen molar-refractivity contribution in [1.82, 2.24) is 4.98 Å². The molecule has 0 unspecified atom stereocenters. The number of hydrogen-bond acceptors (Lipinski definition) is 2. The van der Waals surface area contributed by atoms with Gasteiger partial charge >= 0.3 is 0 Å². The summed E-state index contributed by atoms with van der Waals surface area (Å²) in [6, 6.07) is 12.4. The molecule has 0 atom stereocenters. The second kappa shape index (κ2) is 4.21. The van der Waals surface area contributed by atoms with Crippen LogP contribution in [0.3, 0.4) is 0 Å². The van der Waals surface area contributed by atoms with E-state index in [9.17, 15) is 0 Å². The van der Waals surface area contributed by atoms with Crippen LogP contribution in [0.15, 0.2) is 42.6 Å². The van der Waals surface area contributed by atoms with Gasteiger partial charge in [0.15, 0.2) is 0 Å². The molecule has 2 aromatic rings. The van der Waals surface area contributed by atoms with E-state index in [0.29, 0.717) is 5.82 Å². The van der Waals surface area contributed by atoms with Gasteiger partial charge in [-0.1, -0.05) is 45.0 Å². The van der Waals surface area contributed by atoms with Gasteiger partial charge in [0.25, 0.3) is 0 Å². The third-order valence-electron chi connectivity index (χ3n) is 2.87. The Labute approximate surface area is 103 Å². The zero-order valence-corrected chi connectivity index (χ0v) is 10.6. The summed E-state index contributed by atoms with van der Waals surface area (Å²) in [6.07, 6.45) is 1.81. The molecule has 1 aromatic carbocycles. The summed E-state index contributed by atoms with van der Waals surface area (Å²) in [6.45, 7) is 6.65. The monoisotopic (exact) mass is 226 g/mol. The van der Waals surface area contributed by atoms with Crippen molar-refractivity contribution in [3.8, 4) is 11.1 Å². The Morgan fingerprint density at radius 2 is 1.47 bits per heavy atom. The summed E-state index contributed by atoms with van der Waals surface area (Å²) in [7, 11) is 0. The lowest BCUT2D eigenvalue weighted by Crippen LogP contribution is -2.10. The number of anilines is 1. The normalized spacial score (nSPS) is 11.5. The average Bonchev–Trinajstić information content (AvgIpc) is 2.29. The molecule has 2 heteroatoms. The molecular formula is C15H18N2. The molecule has 0 saturated heterocycles. The molecular weight excluding hydrogens is 208 g/mol. The SMILES string of the molecule is CC(C)(C)c1ccc(-c2ccc(N)nc2)cc1. The minimum Gasteiger partial charge on any atom is -0.384 e. The fourth-order valence-electron chi connectivity index (χ4n) is 1.74. The lowest BCUT2D eigenvalue weighted by molar-refractivity contribution is 0.590. The van der Waals surface area contributed by atoms with Crippen molar-refractivity contribution in [2.75, 3.05) is 5.73 Å². The van der Waals surface area contributed by atoms with Gasteiger partial charge in [-0.3, -0.25) is 0 Å². The predicted molar refractivity (Wildman–Crippen MR) is 72.8 cm³/mol. The number of nitrogen functional groups attached to an aromatic ring is 1. The summed E-state index contributed by atoms with van der Waals surface area (Å²) in [5.41, 5.74) is 9.37. The average molecular weight is 226 g/mol. The molecule has 17 heavy (non-hydrogen) atoms. The largest absolute Gasteiger partial charge is 0.384 e. The number of nitrogens with zero attached hydrogens (tertiary/aromatic N) is 1. The zero-order valence-electron chi connectivity index (χ0n) is 10.6. The first-order chi connectivity index (χ1) is 7.97. The van der Waals surface area contributed by atoms with Crippen LogP contribution in [-0.4, -0.2) is 4.98 Å². The van der Waals surface area contributed by atoms with Gasteiger partial charge in [-0.05, 0) is 28.7 Å². The van der Waals surface area contributed by atoms with Crippen LogP contribution in [0.1, 0.15) is 26.3 Å². The second-order valence-electron chi connectivity index (χ2n) is 5.30. The predicted octanol–water partition coefficient (Wildman–Crippen LogP) is 3.63. The Bertz CT molecular complexity index is 490. The quantitative estimate of drug-likeness (QED) is 0.806. The molecule has 2 rings (SSSR count). The van der Waals surface area contributed by atoms with E-state index in [2.05, 4.69) is 50.0 Å². The minimum atomic E-state index is 0.192. The lowest BCUT2D eigenvalue weighted by atomic mass is 9.86. The van der Waals surface area contributed by atoms with E-state index in [1.54, 1.807) is 6.20 Å². The molecule has 0 spiro atoms. The van der Waals surface area contributed by atoms with E-state index >= 15 is 0 Å². The van der Waals surface area contributed by atoms with E-state index in [4.69, 9.17) is 5.73 Å². The molecule has 1 aromatic heterocycles. The Hall–Kier alpha value is -1.83. The van der Waals surface area contributed by atoms with Crippen LogP contribution in [0, 0.1) is 0 Å². The molecule has 0 aliphatic rings. The Morgan fingerprint density at radius 3 is 1.94 bits per heavy atom. The van der Waals surface area contributed by atoms with Gasteiger partial charge in [0, 0.05) is 11.8 Å². The van der Waals surface area contributed by atoms with Crippen LogP contribution in [0.4, 0.5) is 5.82 Å². The highest BCUT2D eigenvalue weighted by molar-refractivity contribution is 5.63. The molecule has 0 radical (unpaired) electrons. The highest BCUT2D eigenvalue weighted by atomic mass is 14.8. The topological polar surface area (TPSA) is 38.9 Å². The van der Waals surface area contributed by atoms with Crippen molar-refractivity contribution >= 4 is 5.82 Å². The maximum absolute atomic E-state index is 5.57. The summed E-state index contributed by atoms with van der Waals surface area (Å²) in [5.74, 6) is 0.556. The number of aromatic nitrogens is 1. The van der Waals surface area contributed by atoms with Crippen molar-refractivity contribution in [2.24, 2.45) is 0 Å². The van der Waals surface area contributed by atoms with Crippen molar-refractivity contribution < 1.29 is 0 Å². The molecule has 0 amide bonds. The second-order valence-corrected chi connectivity index (χ2v) is 5.30. The number of rotatable bonds is 1. The smallest absolute Gasteiger partial charge is 0.123 e.